The molecule has 0 N–H and O–H groups in total. The third-order valence-corrected chi connectivity index (χ3v) is 27.1. The van der Waals surface area contributed by atoms with Crippen LogP contribution in [0.5, 0.6) is 0 Å². The molecule has 25 aromatic rings. The van der Waals surface area contributed by atoms with Gasteiger partial charge in [0.1, 0.15) is 0 Å². The Morgan fingerprint density at radius 1 is 0.169 bits per heavy atom. The zero-order chi connectivity index (χ0) is 90.0. The summed E-state index contributed by atoms with van der Waals surface area (Å²) < 4.78 is 7.15. The van der Waals surface area contributed by atoms with Gasteiger partial charge in [-0.3, -0.25) is 15.0 Å². The molecule has 0 radical (unpaired) electrons. The second-order valence-electron chi connectivity index (χ2n) is 34.8. The number of para-hydroxylation sites is 5. The van der Waals surface area contributed by atoms with Gasteiger partial charge in [0.05, 0.1) is 38.5 Å². The van der Waals surface area contributed by atoms with Gasteiger partial charge in [0, 0.05) is 120 Å². The summed E-state index contributed by atoms with van der Waals surface area (Å²) in [6.07, 6.45) is 11.2. The monoisotopic (exact) mass is 1730 g/mol. The van der Waals surface area contributed by atoms with Crippen LogP contribution in [-0.2, 0) is 5.41 Å². The fourth-order valence-electron chi connectivity index (χ4n) is 21.0. The van der Waals surface area contributed by atoms with Gasteiger partial charge in [-0.25, -0.2) is 15.0 Å². The molecule has 0 amide bonds. The van der Waals surface area contributed by atoms with Crippen molar-refractivity contribution in [3.8, 4) is 151 Å². The quantitative estimate of drug-likeness (QED) is 0.114. The number of hydrogen-bond acceptors (Lipinski definition) is 6. The number of fused-ring (bicyclic) bond motifs is 20. The Hall–Kier alpha value is -18.2. The maximum absolute atomic E-state index is 5.16. The number of pyridine rings is 3. The van der Waals surface area contributed by atoms with Crippen LogP contribution in [0.4, 0.5) is 0 Å². The zero-order valence-corrected chi connectivity index (χ0v) is 73.9. The van der Waals surface area contributed by atoms with E-state index in [-0.39, 0.29) is 0 Å². The number of nitrogens with zero attached hydrogens (tertiary/aromatic N) is 9. The number of hydrogen-bond donors (Lipinski definition) is 0. The van der Waals surface area contributed by atoms with Crippen molar-refractivity contribution < 1.29 is 0 Å². The van der Waals surface area contributed by atoms with Crippen LogP contribution in [0.3, 0.4) is 0 Å². The Labute approximate surface area is 786 Å². The van der Waals surface area contributed by atoms with Gasteiger partial charge in [-0.15, -0.1) is 0 Å². The van der Waals surface area contributed by atoms with Crippen molar-refractivity contribution in [2.24, 2.45) is 0 Å². The standard InChI is InChI=1S/C52H32N4.C39H27N3.C36H24N2/c1-4-16-33(17-5-1)49-53-50(34-18-6-2-7-19-34)55-51(54-49)35-28-30-45-41(32-35)47-46(56(45)36-20-8-3-9-21-36)31-29-40-39-24-12-15-27-44(39)52(48(40)47)42-25-13-10-22-37(42)38-23-11-14-26-43(38)52;1-7-28(34-13-4-16-40-25-34)19-31(10-1)37-22-38(32-11-2-8-29(20-32)35-14-5-17-41-26-35)24-39(23-37)33-12-3-9-30(21-33)36-15-6-18-42-27-36;1-5-13-33-29(9-1)30-10-2-6-14-34(30)37(33)27-21-17-25(18-22-27)26-19-23-28(24-20-26)38-35-15-7-3-11-31(35)32-12-4-8-16-36(32)38/h1-32H;1-27H;1-24H. The molecule has 0 atom stereocenters. The SMILES string of the molecule is c1ccc(-c2nc(-c3ccccc3)nc(-c3ccc4c(c3)c3c5c(ccc3n4-c3ccccc3)-c3ccccc3C53c4ccccc4-c4ccccc43)n2)cc1.c1ccc2c(c1)c1ccccc1n2-c1ccc(-c2ccc(-n3c4ccccc4c4ccccc43)cc2)cc1.c1cncc(-c2cccc(-c3cc(-c4cccc(-c5cccnc5)c4)cc(-c4cccc(-c5cccnc5)c4)c3)c2)c1. The Kier molecular flexibility index (Phi) is 20.0. The van der Waals surface area contributed by atoms with Gasteiger partial charge in [-0.05, 0) is 245 Å². The first-order valence-corrected chi connectivity index (χ1v) is 46.1. The largest absolute Gasteiger partial charge is 0.309 e. The van der Waals surface area contributed by atoms with E-state index < -0.39 is 5.41 Å². The van der Waals surface area contributed by atoms with E-state index in [0.717, 1.165) is 100 Å². The molecule has 1 spiro atoms. The molecule has 0 bridgehead atoms. The summed E-state index contributed by atoms with van der Waals surface area (Å²) in [5.74, 6) is 1.94. The maximum atomic E-state index is 5.16. The number of aromatic nitrogens is 9. The van der Waals surface area contributed by atoms with Crippen LogP contribution < -0.4 is 0 Å². The first-order chi connectivity index (χ1) is 67.4. The van der Waals surface area contributed by atoms with Crippen LogP contribution in [-0.4, -0.2) is 43.6 Å². The van der Waals surface area contributed by atoms with Crippen LogP contribution in [0.1, 0.15) is 22.3 Å². The minimum atomic E-state index is -0.501. The van der Waals surface area contributed by atoms with E-state index in [0.29, 0.717) is 17.5 Å². The normalized spacial score (nSPS) is 12.0. The van der Waals surface area contributed by atoms with Crippen molar-refractivity contribution in [2.75, 3.05) is 0 Å². The summed E-state index contributed by atoms with van der Waals surface area (Å²) in [5.41, 5.74) is 39.6. The summed E-state index contributed by atoms with van der Waals surface area (Å²) in [7, 11) is 0. The Morgan fingerprint density at radius 3 is 0.846 bits per heavy atom. The van der Waals surface area contributed by atoms with Gasteiger partial charge in [0.15, 0.2) is 17.5 Å². The number of rotatable bonds is 13. The Bertz CT molecular complexity index is 8250. The maximum Gasteiger partial charge on any atom is 0.164 e. The van der Waals surface area contributed by atoms with Gasteiger partial charge in [0.25, 0.3) is 0 Å². The summed E-state index contributed by atoms with van der Waals surface area (Å²) >= 11 is 0. The van der Waals surface area contributed by atoms with E-state index in [9.17, 15) is 0 Å². The van der Waals surface area contributed by atoms with Crippen LogP contribution >= 0.6 is 0 Å². The first kappa shape index (κ1) is 79.9. The Morgan fingerprint density at radius 2 is 0.456 bits per heavy atom. The first-order valence-electron chi connectivity index (χ1n) is 46.1. The lowest BCUT2D eigenvalue weighted by atomic mass is 9.69. The van der Waals surface area contributed by atoms with E-state index in [1.165, 1.54) is 122 Å². The fraction of sp³-hybridized carbons (Fsp3) is 0.00787. The third kappa shape index (κ3) is 14.0. The summed E-state index contributed by atoms with van der Waals surface area (Å²) in [6.45, 7) is 0. The molecule has 636 valence electrons. The van der Waals surface area contributed by atoms with Crippen molar-refractivity contribution in [3.63, 3.8) is 0 Å². The van der Waals surface area contributed by atoms with Gasteiger partial charge in [-0.1, -0.05) is 328 Å². The molecule has 9 nitrogen and oxygen atoms in total. The van der Waals surface area contributed by atoms with E-state index in [1.54, 1.807) is 0 Å². The Balaban J connectivity index is 0.000000111. The molecular formula is C127H83N9. The molecular weight excluding hydrogens is 1650 g/mol. The van der Waals surface area contributed by atoms with Crippen LogP contribution in [0, 0.1) is 0 Å². The van der Waals surface area contributed by atoms with Crippen LogP contribution in [0.15, 0.2) is 504 Å². The molecule has 0 aliphatic heterocycles. The molecule has 136 heavy (non-hydrogen) atoms. The van der Waals surface area contributed by atoms with Gasteiger partial charge in [-0.2, -0.15) is 0 Å². The highest BCUT2D eigenvalue weighted by molar-refractivity contribution is 6.17. The van der Waals surface area contributed by atoms with Crippen LogP contribution in [0.25, 0.3) is 217 Å². The lowest BCUT2D eigenvalue weighted by molar-refractivity contribution is 0.802. The summed E-state index contributed by atoms with van der Waals surface area (Å²) in [6, 6.07) is 167. The predicted molar refractivity (Wildman–Crippen MR) is 560 cm³/mol. The van der Waals surface area contributed by atoms with Gasteiger partial charge < -0.3 is 13.7 Å². The van der Waals surface area contributed by atoms with E-state index in [2.05, 4.69) is 441 Å². The highest BCUT2D eigenvalue weighted by Crippen LogP contribution is 2.65. The minimum absolute atomic E-state index is 0.501. The molecule has 0 saturated heterocycles. The van der Waals surface area contributed by atoms with Gasteiger partial charge >= 0.3 is 0 Å². The fourth-order valence-corrected chi connectivity index (χ4v) is 21.0. The molecule has 0 unspecified atom stereocenters. The molecule has 7 heterocycles. The summed E-state index contributed by atoms with van der Waals surface area (Å²) in [5, 5.41) is 7.54. The smallest absolute Gasteiger partial charge is 0.164 e. The summed E-state index contributed by atoms with van der Waals surface area (Å²) in [4.78, 5) is 28.3. The lowest BCUT2D eigenvalue weighted by Gasteiger charge is -2.31. The average molecular weight is 1740 g/mol. The van der Waals surface area contributed by atoms with E-state index in [1.807, 2.05) is 91.8 Å². The molecule has 7 aromatic heterocycles. The van der Waals surface area contributed by atoms with Crippen molar-refractivity contribution in [1.29, 1.82) is 0 Å². The molecule has 0 saturated carbocycles. The topological polar surface area (TPSA) is 92.1 Å². The molecule has 27 rings (SSSR count). The minimum Gasteiger partial charge on any atom is -0.309 e. The van der Waals surface area contributed by atoms with Crippen molar-refractivity contribution in [3.05, 3.63) is 527 Å². The second-order valence-corrected chi connectivity index (χ2v) is 34.8. The lowest BCUT2D eigenvalue weighted by Crippen LogP contribution is -2.26. The highest BCUT2D eigenvalue weighted by Gasteiger charge is 2.53. The number of benzene rings is 18. The van der Waals surface area contributed by atoms with Crippen LogP contribution in [0.2, 0.25) is 0 Å². The molecule has 18 aromatic carbocycles. The van der Waals surface area contributed by atoms with Gasteiger partial charge in [0.2, 0.25) is 0 Å². The molecule has 9 heteroatoms. The van der Waals surface area contributed by atoms with Crippen molar-refractivity contribution in [2.45, 2.75) is 5.41 Å². The van der Waals surface area contributed by atoms with E-state index >= 15 is 0 Å². The molecule has 2 aliphatic carbocycles. The highest BCUT2D eigenvalue weighted by atomic mass is 15.0. The third-order valence-electron chi connectivity index (χ3n) is 27.1. The van der Waals surface area contributed by atoms with Crippen molar-refractivity contribution in [1.82, 2.24) is 43.6 Å². The second kappa shape index (κ2) is 34.0. The van der Waals surface area contributed by atoms with Crippen molar-refractivity contribution >= 4 is 65.4 Å². The predicted octanol–water partition coefficient (Wildman–Crippen LogP) is 31.7. The zero-order valence-electron chi connectivity index (χ0n) is 73.9. The average Bonchev–Trinajstić information content (AvgIpc) is 1.49. The molecule has 2 aliphatic rings. The molecule has 0 fully saturated rings. The van der Waals surface area contributed by atoms with E-state index in [4.69, 9.17) is 15.0 Å².